The molecule has 0 aliphatic carbocycles. The minimum atomic E-state index is 0.772. The molecule has 2 N–H and O–H groups in total. The van der Waals surface area contributed by atoms with Crippen molar-refractivity contribution in [1.82, 2.24) is 5.32 Å². The van der Waals surface area contributed by atoms with E-state index in [1.54, 1.807) is 0 Å². The highest BCUT2D eigenvalue weighted by Crippen LogP contribution is 2.22. The summed E-state index contributed by atoms with van der Waals surface area (Å²) in [5.74, 6) is 0.772. The first-order chi connectivity index (χ1) is 8.29. The van der Waals surface area contributed by atoms with Gasteiger partial charge in [0.2, 0.25) is 0 Å². The van der Waals surface area contributed by atoms with Crippen LogP contribution in [-0.2, 0) is 13.0 Å². The molecule has 0 saturated carbocycles. The maximum atomic E-state index is 3.54. The zero-order chi connectivity index (χ0) is 12.1. The standard InChI is InChI=1S/C15H24N2/c1-3-12(2)10-16-11-13-6-7-15-14(9-13)5-4-8-17-15/h6-7,9,12,16-17H,3-5,8,10-11H2,1-2H3. The molecule has 2 nitrogen and oxygen atoms in total. The molecule has 1 unspecified atom stereocenters. The van der Waals surface area contributed by atoms with E-state index in [1.165, 1.54) is 36.1 Å². The molecule has 0 radical (unpaired) electrons. The average Bonchev–Trinajstić information content (AvgIpc) is 2.38. The average molecular weight is 232 g/mol. The minimum absolute atomic E-state index is 0.772. The molecule has 0 saturated heterocycles. The van der Waals surface area contributed by atoms with Gasteiger partial charge < -0.3 is 10.6 Å². The molecule has 17 heavy (non-hydrogen) atoms. The van der Waals surface area contributed by atoms with Gasteiger partial charge in [0.05, 0.1) is 0 Å². The first kappa shape index (κ1) is 12.4. The highest BCUT2D eigenvalue weighted by Gasteiger charge is 2.08. The predicted molar refractivity (Wildman–Crippen MR) is 74.4 cm³/mol. The van der Waals surface area contributed by atoms with E-state index in [-0.39, 0.29) is 0 Å². The number of aryl methyl sites for hydroxylation is 1. The third-order valence-electron chi connectivity index (χ3n) is 3.63. The quantitative estimate of drug-likeness (QED) is 0.814. The Labute approximate surface area is 105 Å². The van der Waals surface area contributed by atoms with Gasteiger partial charge in [-0.05, 0) is 42.5 Å². The fourth-order valence-electron chi connectivity index (χ4n) is 2.25. The molecular weight excluding hydrogens is 208 g/mol. The normalized spacial score (nSPS) is 16.1. The van der Waals surface area contributed by atoms with Crippen LogP contribution in [0.15, 0.2) is 18.2 Å². The first-order valence-electron chi connectivity index (χ1n) is 6.86. The summed E-state index contributed by atoms with van der Waals surface area (Å²) in [6.45, 7) is 7.78. The molecule has 2 rings (SSSR count). The van der Waals surface area contributed by atoms with E-state index in [0.29, 0.717) is 0 Å². The van der Waals surface area contributed by atoms with Crippen molar-refractivity contribution in [2.75, 3.05) is 18.4 Å². The lowest BCUT2D eigenvalue weighted by Crippen LogP contribution is -2.20. The summed E-state index contributed by atoms with van der Waals surface area (Å²) < 4.78 is 0. The van der Waals surface area contributed by atoms with Crippen molar-refractivity contribution in [3.8, 4) is 0 Å². The van der Waals surface area contributed by atoms with Gasteiger partial charge in [-0.1, -0.05) is 32.4 Å². The fourth-order valence-corrected chi connectivity index (χ4v) is 2.25. The molecule has 1 aliphatic heterocycles. The molecule has 1 atom stereocenters. The maximum Gasteiger partial charge on any atom is 0.0372 e. The Balaban J connectivity index is 1.89. The molecule has 1 aliphatic rings. The number of hydrogen-bond acceptors (Lipinski definition) is 2. The van der Waals surface area contributed by atoms with Gasteiger partial charge >= 0.3 is 0 Å². The lowest BCUT2D eigenvalue weighted by Gasteiger charge is -2.19. The van der Waals surface area contributed by atoms with E-state index in [9.17, 15) is 0 Å². The third kappa shape index (κ3) is 3.47. The van der Waals surface area contributed by atoms with Crippen LogP contribution in [0.5, 0.6) is 0 Å². The van der Waals surface area contributed by atoms with Crippen LogP contribution in [0.4, 0.5) is 5.69 Å². The van der Waals surface area contributed by atoms with E-state index in [1.807, 2.05) is 0 Å². The van der Waals surface area contributed by atoms with Crippen LogP contribution >= 0.6 is 0 Å². The number of benzene rings is 1. The molecule has 1 heterocycles. The van der Waals surface area contributed by atoms with Gasteiger partial charge in [-0.25, -0.2) is 0 Å². The van der Waals surface area contributed by atoms with Crippen LogP contribution < -0.4 is 10.6 Å². The molecule has 0 aromatic heterocycles. The summed E-state index contributed by atoms with van der Waals surface area (Å²) in [5.41, 5.74) is 4.23. The summed E-state index contributed by atoms with van der Waals surface area (Å²) >= 11 is 0. The molecule has 0 fully saturated rings. The number of fused-ring (bicyclic) bond motifs is 1. The topological polar surface area (TPSA) is 24.1 Å². The molecule has 0 amide bonds. The number of hydrogen-bond donors (Lipinski definition) is 2. The summed E-state index contributed by atoms with van der Waals surface area (Å²) in [4.78, 5) is 0. The largest absolute Gasteiger partial charge is 0.385 e. The van der Waals surface area contributed by atoms with Gasteiger partial charge in [0.15, 0.2) is 0 Å². The Kier molecular flexibility index (Phi) is 4.43. The van der Waals surface area contributed by atoms with E-state index >= 15 is 0 Å². The Hall–Kier alpha value is -1.02. The fraction of sp³-hybridized carbons (Fsp3) is 0.600. The van der Waals surface area contributed by atoms with Gasteiger partial charge in [-0.2, -0.15) is 0 Å². The highest BCUT2D eigenvalue weighted by atomic mass is 14.9. The molecule has 1 aromatic carbocycles. The van der Waals surface area contributed by atoms with Gasteiger partial charge in [0.25, 0.3) is 0 Å². The predicted octanol–water partition coefficient (Wildman–Crippen LogP) is 3.18. The lowest BCUT2D eigenvalue weighted by atomic mass is 10.0. The Morgan fingerprint density at radius 3 is 3.12 bits per heavy atom. The zero-order valence-corrected chi connectivity index (χ0v) is 11.1. The third-order valence-corrected chi connectivity index (χ3v) is 3.63. The second-order valence-electron chi connectivity index (χ2n) is 5.17. The van der Waals surface area contributed by atoms with Crippen LogP contribution in [0.1, 0.15) is 37.8 Å². The molecular formula is C15H24N2. The molecule has 1 aromatic rings. The lowest BCUT2D eigenvalue weighted by molar-refractivity contribution is 0.500. The number of rotatable bonds is 5. The second kappa shape index (κ2) is 6.06. The van der Waals surface area contributed by atoms with Crippen LogP contribution in [0.2, 0.25) is 0 Å². The van der Waals surface area contributed by atoms with E-state index in [2.05, 4.69) is 42.7 Å². The van der Waals surface area contributed by atoms with Crippen molar-refractivity contribution in [3.05, 3.63) is 29.3 Å². The Morgan fingerprint density at radius 2 is 2.29 bits per heavy atom. The smallest absolute Gasteiger partial charge is 0.0372 e. The van der Waals surface area contributed by atoms with E-state index in [4.69, 9.17) is 0 Å². The van der Waals surface area contributed by atoms with E-state index in [0.717, 1.165) is 25.6 Å². The summed E-state index contributed by atoms with van der Waals surface area (Å²) in [6, 6.07) is 6.82. The molecule has 0 spiro atoms. The number of anilines is 1. The Morgan fingerprint density at radius 1 is 1.41 bits per heavy atom. The van der Waals surface area contributed by atoms with Crippen molar-refractivity contribution >= 4 is 5.69 Å². The van der Waals surface area contributed by atoms with Crippen LogP contribution in [-0.4, -0.2) is 13.1 Å². The van der Waals surface area contributed by atoms with Gasteiger partial charge in [-0.15, -0.1) is 0 Å². The molecule has 0 bridgehead atoms. The van der Waals surface area contributed by atoms with Crippen LogP contribution in [0.3, 0.4) is 0 Å². The van der Waals surface area contributed by atoms with Gasteiger partial charge in [0.1, 0.15) is 0 Å². The monoisotopic (exact) mass is 232 g/mol. The van der Waals surface area contributed by atoms with Crippen molar-refractivity contribution in [2.24, 2.45) is 5.92 Å². The summed E-state index contributed by atoms with van der Waals surface area (Å²) in [7, 11) is 0. The van der Waals surface area contributed by atoms with Crippen molar-refractivity contribution in [3.63, 3.8) is 0 Å². The first-order valence-corrected chi connectivity index (χ1v) is 6.86. The van der Waals surface area contributed by atoms with Crippen molar-refractivity contribution < 1.29 is 0 Å². The summed E-state index contributed by atoms with van der Waals surface area (Å²) in [6.07, 6.45) is 3.74. The summed E-state index contributed by atoms with van der Waals surface area (Å²) in [5, 5.41) is 6.99. The maximum absolute atomic E-state index is 3.54. The minimum Gasteiger partial charge on any atom is -0.385 e. The van der Waals surface area contributed by atoms with Gasteiger partial charge in [0, 0.05) is 18.8 Å². The van der Waals surface area contributed by atoms with E-state index < -0.39 is 0 Å². The van der Waals surface area contributed by atoms with Gasteiger partial charge in [-0.3, -0.25) is 0 Å². The zero-order valence-electron chi connectivity index (χ0n) is 11.1. The van der Waals surface area contributed by atoms with Crippen LogP contribution in [0.25, 0.3) is 0 Å². The SMILES string of the molecule is CCC(C)CNCc1ccc2c(c1)CCCN2. The van der Waals surface area contributed by atoms with Crippen LogP contribution in [0, 0.1) is 5.92 Å². The Bertz CT molecular complexity index is 360. The van der Waals surface area contributed by atoms with Crippen molar-refractivity contribution in [2.45, 2.75) is 39.7 Å². The molecule has 2 heteroatoms. The number of nitrogens with one attached hydrogen (secondary N) is 2. The highest BCUT2D eigenvalue weighted by molar-refractivity contribution is 5.54. The molecule has 94 valence electrons. The second-order valence-corrected chi connectivity index (χ2v) is 5.17. The van der Waals surface area contributed by atoms with Crippen molar-refractivity contribution in [1.29, 1.82) is 0 Å².